The molecule has 4 rings (SSSR count). The number of benzene rings is 1. The zero-order valence-corrected chi connectivity index (χ0v) is 18.1. The molecule has 1 saturated heterocycles. The van der Waals surface area contributed by atoms with Crippen molar-refractivity contribution in [3.05, 3.63) is 29.8 Å². The number of methoxy groups -OCH3 is 1. The lowest BCUT2D eigenvalue weighted by atomic mass is 9.91. The first-order valence-corrected chi connectivity index (χ1v) is 11.3. The molecule has 2 saturated carbocycles. The molecule has 8 heteroatoms. The van der Waals surface area contributed by atoms with Crippen LogP contribution in [0.2, 0.25) is 0 Å². The smallest absolute Gasteiger partial charge is 0.264 e. The van der Waals surface area contributed by atoms with Crippen molar-refractivity contribution < 1.29 is 19.1 Å². The number of nitrogens with two attached hydrogens (primary N) is 1. The lowest BCUT2D eigenvalue weighted by Crippen LogP contribution is -2.64. The van der Waals surface area contributed by atoms with Gasteiger partial charge in [0.25, 0.3) is 11.8 Å². The van der Waals surface area contributed by atoms with Gasteiger partial charge in [0.05, 0.1) is 7.11 Å². The maximum atomic E-state index is 13.4. The highest BCUT2D eigenvalue weighted by Crippen LogP contribution is 2.33. The summed E-state index contributed by atoms with van der Waals surface area (Å²) in [5, 5.41) is 3.11. The number of hydrogen-bond acceptors (Lipinski definition) is 5. The van der Waals surface area contributed by atoms with Crippen LogP contribution in [0.5, 0.6) is 5.75 Å². The molecule has 168 valence electrons. The molecule has 2 aliphatic carbocycles. The molecule has 0 radical (unpaired) electrons. The fourth-order valence-electron chi connectivity index (χ4n) is 4.58. The highest BCUT2D eigenvalue weighted by molar-refractivity contribution is 5.99. The number of amides is 3. The Kier molecular flexibility index (Phi) is 6.46. The minimum atomic E-state index is -0.920. The average Bonchev–Trinajstić information content (AvgIpc) is 3.64. The van der Waals surface area contributed by atoms with Crippen molar-refractivity contribution in [1.82, 2.24) is 15.1 Å². The first-order chi connectivity index (χ1) is 15.0. The predicted molar refractivity (Wildman–Crippen MR) is 115 cm³/mol. The van der Waals surface area contributed by atoms with Gasteiger partial charge in [-0.15, -0.1) is 0 Å². The Bertz CT molecular complexity index is 833. The molecule has 1 aromatic rings. The van der Waals surface area contributed by atoms with Gasteiger partial charge < -0.3 is 25.6 Å². The van der Waals surface area contributed by atoms with Gasteiger partial charge in [-0.1, -0.05) is 6.07 Å². The Hall–Kier alpha value is -2.61. The first kappa shape index (κ1) is 21.6. The maximum absolute atomic E-state index is 13.4. The molecule has 31 heavy (non-hydrogen) atoms. The number of nitrogens with zero attached hydrogens (tertiary/aromatic N) is 2. The molecule has 0 spiro atoms. The fraction of sp³-hybridized carbons (Fsp3) is 0.609. The van der Waals surface area contributed by atoms with Gasteiger partial charge in [-0.2, -0.15) is 0 Å². The highest BCUT2D eigenvalue weighted by Gasteiger charge is 2.45. The molecule has 3 fully saturated rings. The summed E-state index contributed by atoms with van der Waals surface area (Å²) in [6, 6.07) is 7.12. The summed E-state index contributed by atoms with van der Waals surface area (Å²) >= 11 is 0. The molecule has 0 aromatic heterocycles. The van der Waals surface area contributed by atoms with Gasteiger partial charge in [0.15, 0.2) is 6.17 Å². The van der Waals surface area contributed by atoms with Crippen LogP contribution in [-0.2, 0) is 9.59 Å². The van der Waals surface area contributed by atoms with Crippen LogP contribution in [-0.4, -0.2) is 66.0 Å². The zero-order valence-electron chi connectivity index (χ0n) is 18.1. The molecule has 1 aromatic carbocycles. The standard InChI is InChI=1S/C23H32N4O4/c1-31-19-5-2-4-16(14-19)23(30)27-13-3-12-26(22(29)15-6-7-15)21(27)20(28)25-18-10-8-17(24)9-11-18/h2,4-5,14-15,17-18,21H,3,6-13,24H2,1H3,(H,25,28). The normalized spacial score (nSPS) is 26.3. The van der Waals surface area contributed by atoms with Crippen LogP contribution in [0.3, 0.4) is 0 Å². The Morgan fingerprint density at radius 3 is 2.42 bits per heavy atom. The number of rotatable bonds is 5. The van der Waals surface area contributed by atoms with Crippen LogP contribution < -0.4 is 15.8 Å². The highest BCUT2D eigenvalue weighted by atomic mass is 16.5. The largest absolute Gasteiger partial charge is 0.497 e. The van der Waals surface area contributed by atoms with E-state index in [1.807, 2.05) is 0 Å². The van der Waals surface area contributed by atoms with Gasteiger partial charge in [0, 0.05) is 36.7 Å². The first-order valence-electron chi connectivity index (χ1n) is 11.3. The molecule has 1 unspecified atom stereocenters. The van der Waals surface area contributed by atoms with Crippen molar-refractivity contribution >= 4 is 17.7 Å². The maximum Gasteiger partial charge on any atom is 0.264 e. The van der Waals surface area contributed by atoms with Crippen molar-refractivity contribution in [2.24, 2.45) is 11.7 Å². The van der Waals surface area contributed by atoms with Crippen LogP contribution in [0.4, 0.5) is 0 Å². The van der Waals surface area contributed by atoms with E-state index in [9.17, 15) is 14.4 Å². The summed E-state index contributed by atoms with van der Waals surface area (Å²) in [7, 11) is 1.55. The van der Waals surface area contributed by atoms with Crippen LogP contribution in [0, 0.1) is 5.92 Å². The fourth-order valence-corrected chi connectivity index (χ4v) is 4.58. The van der Waals surface area contributed by atoms with E-state index < -0.39 is 6.17 Å². The number of carbonyl (C=O) groups excluding carboxylic acids is 3. The second-order valence-corrected chi connectivity index (χ2v) is 8.88. The predicted octanol–water partition coefficient (Wildman–Crippen LogP) is 1.49. The Morgan fingerprint density at radius 1 is 1.03 bits per heavy atom. The third-order valence-corrected chi connectivity index (χ3v) is 6.53. The Balaban J connectivity index is 1.57. The van der Waals surface area contributed by atoms with E-state index in [1.54, 1.807) is 41.2 Å². The van der Waals surface area contributed by atoms with E-state index in [0.29, 0.717) is 30.8 Å². The van der Waals surface area contributed by atoms with E-state index in [0.717, 1.165) is 38.5 Å². The van der Waals surface area contributed by atoms with E-state index in [1.165, 1.54) is 0 Å². The molecule has 8 nitrogen and oxygen atoms in total. The molecule has 1 aliphatic heterocycles. The quantitative estimate of drug-likeness (QED) is 0.739. The summed E-state index contributed by atoms with van der Waals surface area (Å²) in [5.41, 5.74) is 6.44. The zero-order chi connectivity index (χ0) is 22.0. The number of ether oxygens (including phenoxy) is 1. The second kappa shape index (κ2) is 9.26. The van der Waals surface area contributed by atoms with Gasteiger partial charge >= 0.3 is 0 Å². The Labute approximate surface area is 183 Å². The summed E-state index contributed by atoms with van der Waals surface area (Å²) in [5.74, 6) is 0.000517. The van der Waals surface area contributed by atoms with Gasteiger partial charge in [0.1, 0.15) is 5.75 Å². The van der Waals surface area contributed by atoms with Crippen LogP contribution >= 0.6 is 0 Å². The lowest BCUT2D eigenvalue weighted by Gasteiger charge is -2.43. The van der Waals surface area contributed by atoms with E-state index in [-0.39, 0.29) is 35.7 Å². The van der Waals surface area contributed by atoms with Gasteiger partial charge in [-0.3, -0.25) is 14.4 Å². The van der Waals surface area contributed by atoms with Crippen molar-refractivity contribution in [2.45, 2.75) is 63.2 Å². The minimum Gasteiger partial charge on any atom is -0.497 e. The Morgan fingerprint density at radius 2 is 1.74 bits per heavy atom. The summed E-state index contributed by atoms with van der Waals surface area (Å²) < 4.78 is 5.25. The third-order valence-electron chi connectivity index (χ3n) is 6.53. The molecular weight excluding hydrogens is 396 g/mol. The summed E-state index contributed by atoms with van der Waals surface area (Å²) in [4.78, 5) is 43.0. The monoisotopic (exact) mass is 428 g/mol. The van der Waals surface area contributed by atoms with Crippen molar-refractivity contribution in [2.75, 3.05) is 20.2 Å². The van der Waals surface area contributed by atoms with Crippen molar-refractivity contribution in [3.63, 3.8) is 0 Å². The molecule has 3 aliphatic rings. The molecule has 1 heterocycles. The second-order valence-electron chi connectivity index (χ2n) is 8.88. The molecule has 3 N–H and O–H groups in total. The number of nitrogens with one attached hydrogen (secondary N) is 1. The van der Waals surface area contributed by atoms with Gasteiger partial charge in [-0.05, 0) is 63.1 Å². The SMILES string of the molecule is COc1cccc(C(=O)N2CCCN(C(=O)C3CC3)C2C(=O)NC2CCC(N)CC2)c1. The van der Waals surface area contributed by atoms with Crippen LogP contribution in [0.15, 0.2) is 24.3 Å². The van der Waals surface area contributed by atoms with Crippen molar-refractivity contribution in [3.8, 4) is 5.75 Å². The van der Waals surface area contributed by atoms with Crippen molar-refractivity contribution in [1.29, 1.82) is 0 Å². The lowest BCUT2D eigenvalue weighted by molar-refractivity contribution is -0.150. The van der Waals surface area contributed by atoms with E-state index in [2.05, 4.69) is 5.32 Å². The third kappa shape index (κ3) is 4.84. The molecular formula is C23H32N4O4. The summed E-state index contributed by atoms with van der Waals surface area (Å²) in [6.07, 6.45) is 4.81. The van der Waals surface area contributed by atoms with Gasteiger partial charge in [0.2, 0.25) is 5.91 Å². The number of carbonyl (C=O) groups is 3. The van der Waals surface area contributed by atoms with Crippen LogP contribution in [0.1, 0.15) is 55.3 Å². The average molecular weight is 429 g/mol. The van der Waals surface area contributed by atoms with Crippen LogP contribution in [0.25, 0.3) is 0 Å². The topological polar surface area (TPSA) is 105 Å². The van der Waals surface area contributed by atoms with E-state index >= 15 is 0 Å². The molecule has 1 atom stereocenters. The molecule has 3 amide bonds. The summed E-state index contributed by atoms with van der Waals surface area (Å²) in [6.45, 7) is 0.920. The molecule has 0 bridgehead atoms. The van der Waals surface area contributed by atoms with Gasteiger partial charge in [-0.25, -0.2) is 0 Å². The number of hydrogen-bond donors (Lipinski definition) is 2. The van der Waals surface area contributed by atoms with E-state index in [4.69, 9.17) is 10.5 Å². The minimum absolute atomic E-state index is 0.0187.